The Kier molecular flexibility index (Phi) is 1.03. The minimum Gasteiger partial charge on any atom is -0.321 e. The Morgan fingerprint density at radius 3 is 2.60 bits per heavy atom. The normalized spacial score (nSPS) is 52.4. The minimum absolute atomic E-state index is 0.000579. The summed E-state index contributed by atoms with van der Waals surface area (Å²) in [6, 6.07) is -0.141. The fourth-order valence-corrected chi connectivity index (χ4v) is 2.32. The Bertz CT molecular complexity index is 190. The molecule has 0 bridgehead atoms. The number of hydrogen-bond donors (Lipinski definition) is 1. The van der Waals surface area contributed by atoms with E-state index in [2.05, 4.69) is 6.92 Å². The summed E-state index contributed by atoms with van der Waals surface area (Å²) < 4.78 is 0. The monoisotopic (exact) mass is 139 g/mol. The van der Waals surface area contributed by atoms with Crippen molar-refractivity contribution in [2.24, 2.45) is 17.1 Å². The van der Waals surface area contributed by atoms with E-state index in [1.807, 2.05) is 0 Å². The average molecular weight is 139 g/mol. The van der Waals surface area contributed by atoms with Crippen molar-refractivity contribution >= 4 is 5.78 Å². The van der Waals surface area contributed by atoms with Gasteiger partial charge in [0.05, 0.1) is 6.04 Å². The number of hydrogen-bond acceptors (Lipinski definition) is 2. The van der Waals surface area contributed by atoms with E-state index in [1.54, 1.807) is 0 Å². The molecule has 2 fully saturated rings. The summed E-state index contributed by atoms with van der Waals surface area (Å²) >= 11 is 0. The van der Waals surface area contributed by atoms with Gasteiger partial charge >= 0.3 is 0 Å². The number of rotatable bonds is 0. The van der Waals surface area contributed by atoms with Gasteiger partial charge in [-0.25, -0.2) is 0 Å². The second-order valence-corrected chi connectivity index (χ2v) is 3.86. The predicted octanol–water partition coefficient (Wildman–Crippen LogP) is 0.703. The maximum atomic E-state index is 11.4. The van der Waals surface area contributed by atoms with E-state index < -0.39 is 0 Å². The standard InChI is InChI=1S/C8H13NO/c1-8-3-2-5(8)4-6(9)7(8)10/h5-6H,2-4,9H2,1H3/t5?,6?,8-/m1/s1. The van der Waals surface area contributed by atoms with Crippen LogP contribution in [-0.2, 0) is 4.79 Å². The molecular weight excluding hydrogens is 126 g/mol. The first-order valence-electron chi connectivity index (χ1n) is 3.94. The lowest BCUT2D eigenvalue weighted by Gasteiger charge is -2.39. The molecule has 2 nitrogen and oxygen atoms in total. The van der Waals surface area contributed by atoms with E-state index in [4.69, 9.17) is 5.73 Å². The molecule has 0 aromatic rings. The van der Waals surface area contributed by atoms with E-state index in [0.717, 1.165) is 12.8 Å². The predicted molar refractivity (Wildman–Crippen MR) is 38.4 cm³/mol. The number of Topliss-reactive ketones (excluding diaryl/α,β-unsaturated/α-hetero) is 1. The Balaban J connectivity index is 2.28. The van der Waals surface area contributed by atoms with Crippen molar-refractivity contribution in [3.8, 4) is 0 Å². The van der Waals surface area contributed by atoms with Crippen LogP contribution >= 0.6 is 0 Å². The van der Waals surface area contributed by atoms with Gasteiger partial charge in [0.2, 0.25) is 0 Å². The molecule has 10 heavy (non-hydrogen) atoms. The summed E-state index contributed by atoms with van der Waals surface area (Å²) in [5, 5.41) is 0. The van der Waals surface area contributed by atoms with Gasteiger partial charge in [0.1, 0.15) is 0 Å². The fraction of sp³-hybridized carbons (Fsp3) is 0.875. The van der Waals surface area contributed by atoms with Crippen LogP contribution in [0.5, 0.6) is 0 Å². The summed E-state index contributed by atoms with van der Waals surface area (Å²) in [4.78, 5) is 11.4. The van der Waals surface area contributed by atoms with E-state index in [9.17, 15) is 4.79 Å². The van der Waals surface area contributed by atoms with Crippen molar-refractivity contribution in [3.05, 3.63) is 0 Å². The van der Waals surface area contributed by atoms with Crippen molar-refractivity contribution in [3.63, 3.8) is 0 Å². The zero-order chi connectivity index (χ0) is 7.35. The molecule has 0 saturated heterocycles. The fourth-order valence-electron chi connectivity index (χ4n) is 2.32. The maximum Gasteiger partial charge on any atom is 0.155 e. The minimum atomic E-state index is -0.141. The van der Waals surface area contributed by atoms with Crippen LogP contribution in [0.15, 0.2) is 0 Å². The molecule has 2 aliphatic rings. The number of fused-ring (bicyclic) bond motifs is 1. The Hall–Kier alpha value is -0.370. The zero-order valence-electron chi connectivity index (χ0n) is 6.26. The lowest BCUT2D eigenvalue weighted by Crippen LogP contribution is -2.40. The molecule has 2 heteroatoms. The highest BCUT2D eigenvalue weighted by atomic mass is 16.1. The largest absolute Gasteiger partial charge is 0.321 e. The molecule has 56 valence electrons. The number of ketones is 1. The van der Waals surface area contributed by atoms with Crippen LogP contribution in [0.1, 0.15) is 26.2 Å². The molecule has 2 aliphatic carbocycles. The van der Waals surface area contributed by atoms with Crippen LogP contribution in [0.3, 0.4) is 0 Å². The molecular formula is C8H13NO. The van der Waals surface area contributed by atoms with Crippen molar-refractivity contribution in [2.45, 2.75) is 32.2 Å². The van der Waals surface area contributed by atoms with Crippen molar-refractivity contribution < 1.29 is 4.79 Å². The van der Waals surface area contributed by atoms with Crippen LogP contribution in [0.2, 0.25) is 0 Å². The van der Waals surface area contributed by atoms with E-state index in [-0.39, 0.29) is 11.5 Å². The highest BCUT2D eigenvalue weighted by Gasteiger charge is 2.55. The topological polar surface area (TPSA) is 43.1 Å². The summed E-state index contributed by atoms with van der Waals surface area (Å²) in [6.07, 6.45) is 3.23. The lowest BCUT2D eigenvalue weighted by atomic mass is 9.63. The number of carbonyl (C=O) groups is 1. The van der Waals surface area contributed by atoms with Crippen molar-refractivity contribution in [1.29, 1.82) is 0 Å². The van der Waals surface area contributed by atoms with Crippen molar-refractivity contribution in [2.75, 3.05) is 0 Å². The van der Waals surface area contributed by atoms with Crippen LogP contribution in [0.25, 0.3) is 0 Å². The lowest BCUT2D eigenvalue weighted by molar-refractivity contribution is -0.131. The smallest absolute Gasteiger partial charge is 0.155 e. The van der Waals surface area contributed by atoms with Gasteiger partial charge in [-0.15, -0.1) is 0 Å². The molecule has 2 rings (SSSR count). The third-order valence-corrected chi connectivity index (χ3v) is 3.35. The van der Waals surface area contributed by atoms with Crippen LogP contribution in [-0.4, -0.2) is 11.8 Å². The van der Waals surface area contributed by atoms with Gasteiger partial charge in [-0.3, -0.25) is 4.79 Å². The van der Waals surface area contributed by atoms with E-state index in [1.165, 1.54) is 6.42 Å². The SMILES string of the molecule is C[C@@]12CCC1CC(N)C2=O. The van der Waals surface area contributed by atoms with Crippen LogP contribution in [0.4, 0.5) is 0 Å². The highest BCUT2D eigenvalue weighted by Crippen LogP contribution is 2.54. The third-order valence-electron chi connectivity index (χ3n) is 3.35. The van der Waals surface area contributed by atoms with Gasteiger partial charge in [0, 0.05) is 5.41 Å². The van der Waals surface area contributed by atoms with Crippen molar-refractivity contribution in [1.82, 2.24) is 0 Å². The second kappa shape index (κ2) is 1.62. The van der Waals surface area contributed by atoms with Crippen LogP contribution in [0, 0.1) is 11.3 Å². The summed E-state index contributed by atoms with van der Waals surface area (Å²) in [5.41, 5.74) is 5.63. The third kappa shape index (κ3) is 0.511. The Labute approximate surface area is 60.8 Å². The first-order chi connectivity index (χ1) is 4.64. The first-order valence-corrected chi connectivity index (χ1v) is 3.94. The van der Waals surface area contributed by atoms with E-state index in [0.29, 0.717) is 11.7 Å². The molecule has 2 unspecified atom stereocenters. The first kappa shape index (κ1) is 6.35. The van der Waals surface area contributed by atoms with E-state index >= 15 is 0 Å². The van der Waals surface area contributed by atoms with Gasteiger partial charge in [-0.05, 0) is 25.2 Å². The quantitative estimate of drug-likeness (QED) is 0.537. The highest BCUT2D eigenvalue weighted by molar-refractivity contribution is 5.92. The summed E-state index contributed by atoms with van der Waals surface area (Å²) in [5.74, 6) is 0.929. The molecule has 0 spiro atoms. The summed E-state index contributed by atoms with van der Waals surface area (Å²) in [7, 11) is 0. The molecule has 3 atom stereocenters. The van der Waals surface area contributed by atoms with Gasteiger partial charge in [-0.2, -0.15) is 0 Å². The van der Waals surface area contributed by atoms with Gasteiger partial charge in [0.15, 0.2) is 5.78 Å². The Morgan fingerprint density at radius 2 is 2.40 bits per heavy atom. The zero-order valence-corrected chi connectivity index (χ0v) is 6.26. The molecule has 0 aliphatic heterocycles. The second-order valence-electron chi connectivity index (χ2n) is 3.86. The molecule has 0 radical (unpaired) electrons. The molecule has 2 N–H and O–H groups in total. The van der Waals surface area contributed by atoms with Gasteiger partial charge < -0.3 is 5.73 Å². The van der Waals surface area contributed by atoms with Gasteiger partial charge in [0.25, 0.3) is 0 Å². The number of nitrogens with two attached hydrogens (primary N) is 1. The molecule has 0 heterocycles. The Morgan fingerprint density at radius 1 is 1.70 bits per heavy atom. The number of carbonyl (C=O) groups excluding carboxylic acids is 1. The molecule has 0 aromatic carbocycles. The molecule has 0 amide bonds. The van der Waals surface area contributed by atoms with Crippen LogP contribution < -0.4 is 5.73 Å². The van der Waals surface area contributed by atoms with Gasteiger partial charge in [-0.1, -0.05) is 6.92 Å². The molecule has 0 aromatic heterocycles. The summed E-state index contributed by atoms with van der Waals surface area (Å²) in [6.45, 7) is 2.07. The average Bonchev–Trinajstić information content (AvgIpc) is 2.03. The molecule has 2 saturated carbocycles. The maximum absolute atomic E-state index is 11.4.